The van der Waals surface area contributed by atoms with E-state index in [1.54, 1.807) is 37.4 Å². The van der Waals surface area contributed by atoms with Gasteiger partial charge in [0.1, 0.15) is 5.69 Å². The lowest BCUT2D eigenvalue weighted by atomic mass is 10.0. The normalized spacial score (nSPS) is 13.9. The van der Waals surface area contributed by atoms with Crippen molar-refractivity contribution in [3.63, 3.8) is 0 Å². The molecule has 0 amide bonds. The molecule has 6 heteroatoms. The van der Waals surface area contributed by atoms with Gasteiger partial charge in [-0.05, 0) is 6.07 Å². The zero-order valence-electron chi connectivity index (χ0n) is 9.65. The van der Waals surface area contributed by atoms with Crippen LogP contribution in [0.1, 0.15) is 11.3 Å². The molecule has 1 atom stereocenters. The molecular formula is C12H12N2O4. The Bertz CT molecular complexity index is 552. The summed E-state index contributed by atoms with van der Waals surface area (Å²) < 4.78 is 6.02. The standard InChI is InChI=1S/C12H12N2O4/c1-14-10(7-8-13-14)12(17,18-11(15)16)9-5-3-2-4-6-9/h2-8,17H,1H3,(H,15,16). The Morgan fingerprint density at radius 2 is 2.00 bits per heavy atom. The van der Waals surface area contributed by atoms with Crippen molar-refractivity contribution in [3.8, 4) is 0 Å². The predicted molar refractivity (Wildman–Crippen MR) is 61.8 cm³/mol. The van der Waals surface area contributed by atoms with Gasteiger partial charge in [-0.1, -0.05) is 30.3 Å². The van der Waals surface area contributed by atoms with E-state index in [0.717, 1.165) is 0 Å². The molecule has 6 nitrogen and oxygen atoms in total. The average Bonchev–Trinajstić information content (AvgIpc) is 2.76. The Morgan fingerprint density at radius 1 is 1.33 bits per heavy atom. The minimum atomic E-state index is -2.07. The van der Waals surface area contributed by atoms with E-state index in [9.17, 15) is 9.90 Å². The van der Waals surface area contributed by atoms with Gasteiger partial charge in [0.2, 0.25) is 0 Å². The number of aryl methyl sites for hydroxylation is 1. The molecule has 94 valence electrons. The highest BCUT2D eigenvalue weighted by Crippen LogP contribution is 2.30. The van der Waals surface area contributed by atoms with Crippen molar-refractivity contribution in [2.75, 3.05) is 0 Å². The highest BCUT2D eigenvalue weighted by molar-refractivity contribution is 5.58. The first-order valence-electron chi connectivity index (χ1n) is 5.22. The van der Waals surface area contributed by atoms with Gasteiger partial charge in [0.25, 0.3) is 5.79 Å². The zero-order chi connectivity index (χ0) is 13.2. The Balaban J connectivity index is 2.55. The van der Waals surface area contributed by atoms with Crippen molar-refractivity contribution in [1.82, 2.24) is 9.78 Å². The Morgan fingerprint density at radius 3 is 2.50 bits per heavy atom. The number of ether oxygens (including phenoxy) is 1. The summed E-state index contributed by atoms with van der Waals surface area (Å²) in [6, 6.07) is 9.78. The number of nitrogens with zero attached hydrogens (tertiary/aromatic N) is 2. The van der Waals surface area contributed by atoms with E-state index < -0.39 is 11.9 Å². The van der Waals surface area contributed by atoms with E-state index in [4.69, 9.17) is 5.11 Å². The second-order valence-corrected chi connectivity index (χ2v) is 3.72. The summed E-state index contributed by atoms with van der Waals surface area (Å²) in [5.41, 5.74) is 0.548. The minimum Gasteiger partial charge on any atom is -0.450 e. The number of aliphatic hydroxyl groups is 1. The lowest BCUT2D eigenvalue weighted by Crippen LogP contribution is -2.35. The third-order valence-electron chi connectivity index (χ3n) is 2.57. The van der Waals surface area contributed by atoms with E-state index in [1.807, 2.05) is 0 Å². The molecule has 0 spiro atoms. The van der Waals surface area contributed by atoms with Crippen LogP contribution in [-0.4, -0.2) is 26.1 Å². The monoisotopic (exact) mass is 248 g/mol. The minimum absolute atomic E-state index is 0.233. The maximum Gasteiger partial charge on any atom is 0.508 e. The molecule has 0 radical (unpaired) electrons. The maximum absolute atomic E-state index is 10.8. The SMILES string of the molecule is Cn1nccc1C(O)(OC(=O)O)c1ccccc1. The first-order chi connectivity index (χ1) is 8.54. The van der Waals surface area contributed by atoms with Crippen molar-refractivity contribution in [2.45, 2.75) is 5.79 Å². The third kappa shape index (κ3) is 2.05. The van der Waals surface area contributed by atoms with Gasteiger partial charge in [-0.2, -0.15) is 5.10 Å². The average molecular weight is 248 g/mol. The number of hydrogen-bond donors (Lipinski definition) is 2. The van der Waals surface area contributed by atoms with Crippen LogP contribution in [0.2, 0.25) is 0 Å². The highest BCUT2D eigenvalue weighted by atomic mass is 16.7. The molecule has 1 unspecified atom stereocenters. The van der Waals surface area contributed by atoms with Crippen LogP contribution in [0.4, 0.5) is 4.79 Å². The van der Waals surface area contributed by atoms with Crippen LogP contribution in [0.3, 0.4) is 0 Å². The van der Waals surface area contributed by atoms with Gasteiger partial charge < -0.3 is 14.9 Å². The van der Waals surface area contributed by atoms with Crippen molar-refractivity contribution in [3.05, 3.63) is 53.9 Å². The summed E-state index contributed by atoms with van der Waals surface area (Å²) in [4.78, 5) is 10.8. The molecule has 0 bridgehead atoms. The molecule has 0 fully saturated rings. The van der Waals surface area contributed by atoms with Crippen molar-refractivity contribution in [2.24, 2.45) is 7.05 Å². The molecule has 0 saturated carbocycles. The smallest absolute Gasteiger partial charge is 0.450 e. The molecule has 18 heavy (non-hydrogen) atoms. The molecule has 1 heterocycles. The highest BCUT2D eigenvalue weighted by Gasteiger charge is 2.38. The van der Waals surface area contributed by atoms with Crippen molar-refractivity contribution < 1.29 is 19.7 Å². The first-order valence-corrected chi connectivity index (χ1v) is 5.22. The molecule has 0 aliphatic heterocycles. The van der Waals surface area contributed by atoms with Gasteiger partial charge in [-0.3, -0.25) is 4.68 Å². The van der Waals surface area contributed by atoms with Gasteiger partial charge in [0.15, 0.2) is 0 Å². The van der Waals surface area contributed by atoms with Crippen LogP contribution in [0, 0.1) is 0 Å². The van der Waals surface area contributed by atoms with Crippen LogP contribution in [0.15, 0.2) is 42.6 Å². The number of aromatic nitrogens is 2. The molecule has 2 N–H and O–H groups in total. The van der Waals surface area contributed by atoms with Gasteiger partial charge in [0.05, 0.1) is 0 Å². The van der Waals surface area contributed by atoms with Crippen molar-refractivity contribution >= 4 is 6.16 Å². The maximum atomic E-state index is 10.8. The lowest BCUT2D eigenvalue weighted by Gasteiger charge is -2.26. The largest absolute Gasteiger partial charge is 0.508 e. The number of carboxylic acid groups (broad SMARTS) is 1. The summed E-state index contributed by atoms with van der Waals surface area (Å²) in [6.45, 7) is 0. The van der Waals surface area contributed by atoms with Gasteiger partial charge in [0, 0.05) is 18.8 Å². The molecule has 2 aromatic rings. The molecule has 0 aliphatic rings. The quantitative estimate of drug-likeness (QED) is 0.632. The van der Waals surface area contributed by atoms with Crippen LogP contribution in [0.25, 0.3) is 0 Å². The fraction of sp³-hybridized carbons (Fsp3) is 0.167. The van der Waals surface area contributed by atoms with Crippen molar-refractivity contribution in [1.29, 1.82) is 0 Å². The van der Waals surface area contributed by atoms with Crippen LogP contribution in [-0.2, 0) is 17.6 Å². The summed E-state index contributed by atoms with van der Waals surface area (Å²) >= 11 is 0. The summed E-state index contributed by atoms with van der Waals surface area (Å²) in [6.07, 6.45) is -0.114. The summed E-state index contributed by atoms with van der Waals surface area (Å²) in [7, 11) is 1.59. The molecular weight excluding hydrogens is 236 g/mol. The van der Waals surface area contributed by atoms with E-state index in [0.29, 0.717) is 5.56 Å². The summed E-state index contributed by atoms with van der Waals surface area (Å²) in [5, 5.41) is 23.2. The lowest BCUT2D eigenvalue weighted by molar-refractivity contribution is -0.153. The number of rotatable bonds is 3. The number of carbonyl (C=O) groups is 1. The van der Waals surface area contributed by atoms with E-state index >= 15 is 0 Å². The Hall–Kier alpha value is -2.34. The van der Waals surface area contributed by atoms with Crippen LogP contribution < -0.4 is 0 Å². The van der Waals surface area contributed by atoms with E-state index in [-0.39, 0.29) is 5.69 Å². The molecule has 1 aromatic carbocycles. The van der Waals surface area contributed by atoms with E-state index in [2.05, 4.69) is 9.84 Å². The molecule has 0 saturated heterocycles. The first kappa shape index (κ1) is 12.1. The van der Waals surface area contributed by atoms with Gasteiger partial charge in [-0.25, -0.2) is 4.79 Å². The van der Waals surface area contributed by atoms with Gasteiger partial charge >= 0.3 is 6.16 Å². The van der Waals surface area contributed by atoms with E-state index in [1.165, 1.54) is 16.9 Å². The molecule has 1 aromatic heterocycles. The zero-order valence-corrected chi connectivity index (χ0v) is 9.65. The molecule has 2 rings (SSSR count). The molecule has 0 aliphatic carbocycles. The number of benzene rings is 1. The number of hydrogen-bond acceptors (Lipinski definition) is 4. The summed E-state index contributed by atoms with van der Waals surface area (Å²) in [5.74, 6) is -2.07. The topological polar surface area (TPSA) is 84.6 Å². The van der Waals surface area contributed by atoms with Gasteiger partial charge in [-0.15, -0.1) is 0 Å². The fourth-order valence-corrected chi connectivity index (χ4v) is 1.76. The predicted octanol–water partition coefficient (Wildman–Crippen LogP) is 1.31. The fourth-order valence-electron chi connectivity index (χ4n) is 1.76. The third-order valence-corrected chi connectivity index (χ3v) is 2.57. The Labute approximate surface area is 103 Å². The second kappa shape index (κ2) is 4.50. The van der Waals surface area contributed by atoms with Crippen LogP contribution in [0.5, 0.6) is 0 Å². The second-order valence-electron chi connectivity index (χ2n) is 3.72. The van der Waals surface area contributed by atoms with Crippen LogP contribution >= 0.6 is 0 Å². The Kier molecular flexibility index (Phi) is 3.03.